The van der Waals surface area contributed by atoms with E-state index in [2.05, 4.69) is 20.2 Å². The van der Waals surface area contributed by atoms with Gasteiger partial charge in [-0.1, -0.05) is 6.07 Å². The highest BCUT2D eigenvalue weighted by Gasteiger charge is 2.73. The van der Waals surface area contributed by atoms with Crippen molar-refractivity contribution in [2.24, 2.45) is 5.92 Å². The molecular formula is C24H28N4O4. The van der Waals surface area contributed by atoms with E-state index in [0.717, 1.165) is 43.0 Å². The SMILES string of the molecule is O=C(N[C@@H]1CC[C@@]2(O)[C@H]3Cc4ccc(O)c5c4[C@@]2(CCN3CC2CC2)[C@H]1O5)c1cnc[nH]1. The normalized spacial score (nSPS) is 37.0. The number of hydrogen-bond donors (Lipinski definition) is 4. The highest BCUT2D eigenvalue weighted by atomic mass is 16.5. The third-order valence-corrected chi connectivity index (χ3v) is 8.82. The van der Waals surface area contributed by atoms with Crippen LogP contribution in [0.1, 0.15) is 53.7 Å². The highest BCUT2D eigenvalue weighted by molar-refractivity contribution is 5.92. The van der Waals surface area contributed by atoms with Crippen LogP contribution < -0.4 is 10.1 Å². The number of rotatable bonds is 4. The number of aromatic nitrogens is 2. The Hall–Kier alpha value is -2.58. The van der Waals surface area contributed by atoms with Gasteiger partial charge in [-0.05, 0) is 62.6 Å². The number of hydrogen-bond acceptors (Lipinski definition) is 6. The number of aliphatic hydroxyl groups is 1. The Labute approximate surface area is 186 Å². The summed E-state index contributed by atoms with van der Waals surface area (Å²) in [5.74, 6) is 1.15. The van der Waals surface area contributed by atoms with Gasteiger partial charge in [0.15, 0.2) is 11.5 Å². The molecule has 2 bridgehead atoms. The molecule has 2 aromatic rings. The van der Waals surface area contributed by atoms with Crippen LogP contribution in [0.4, 0.5) is 0 Å². The van der Waals surface area contributed by atoms with Crippen LogP contribution in [0.15, 0.2) is 24.7 Å². The molecule has 1 aromatic carbocycles. The van der Waals surface area contributed by atoms with Gasteiger partial charge in [0.05, 0.1) is 29.6 Å². The fourth-order valence-corrected chi connectivity index (χ4v) is 7.26. The molecule has 1 amide bonds. The Bertz CT molecular complexity index is 1100. The summed E-state index contributed by atoms with van der Waals surface area (Å²) in [5.41, 5.74) is 0.988. The van der Waals surface area contributed by atoms with Crippen LogP contribution in [0.25, 0.3) is 0 Å². The minimum atomic E-state index is -0.938. The molecule has 0 unspecified atom stereocenters. The first-order chi connectivity index (χ1) is 15.5. The third-order valence-electron chi connectivity index (χ3n) is 8.82. The maximum Gasteiger partial charge on any atom is 0.269 e. The maximum absolute atomic E-state index is 12.8. The van der Waals surface area contributed by atoms with E-state index in [0.29, 0.717) is 24.3 Å². The largest absolute Gasteiger partial charge is 0.504 e. The van der Waals surface area contributed by atoms with Crippen molar-refractivity contribution >= 4 is 5.91 Å². The molecule has 3 fully saturated rings. The van der Waals surface area contributed by atoms with Gasteiger partial charge in [0.25, 0.3) is 5.91 Å². The summed E-state index contributed by atoms with van der Waals surface area (Å²) >= 11 is 0. The minimum Gasteiger partial charge on any atom is -0.504 e. The summed E-state index contributed by atoms with van der Waals surface area (Å²) in [6.45, 7) is 1.95. The molecule has 0 radical (unpaired) electrons. The predicted octanol–water partition coefficient (Wildman–Crippen LogP) is 1.48. The maximum atomic E-state index is 12.8. The molecule has 32 heavy (non-hydrogen) atoms. The molecule has 3 aliphatic carbocycles. The number of imidazole rings is 1. The summed E-state index contributed by atoms with van der Waals surface area (Å²) in [7, 11) is 0. The van der Waals surface area contributed by atoms with Crippen LogP contribution in [0, 0.1) is 5.92 Å². The number of carbonyl (C=O) groups excluding carboxylic acids is 1. The van der Waals surface area contributed by atoms with Crippen LogP contribution >= 0.6 is 0 Å². The monoisotopic (exact) mass is 436 g/mol. The van der Waals surface area contributed by atoms with E-state index in [4.69, 9.17) is 4.74 Å². The van der Waals surface area contributed by atoms with Crippen molar-refractivity contribution < 1.29 is 19.7 Å². The molecule has 168 valence electrons. The van der Waals surface area contributed by atoms with Crippen molar-refractivity contribution in [2.75, 3.05) is 13.1 Å². The highest BCUT2D eigenvalue weighted by Crippen LogP contribution is 2.65. The van der Waals surface area contributed by atoms with E-state index < -0.39 is 17.1 Å². The number of ether oxygens (including phenoxy) is 1. The zero-order chi connectivity index (χ0) is 21.7. The van der Waals surface area contributed by atoms with Crippen LogP contribution in [-0.2, 0) is 11.8 Å². The van der Waals surface area contributed by atoms with Crippen LogP contribution in [0.3, 0.4) is 0 Å². The van der Waals surface area contributed by atoms with Crippen molar-refractivity contribution in [2.45, 2.75) is 67.7 Å². The van der Waals surface area contributed by atoms with Crippen LogP contribution in [0.5, 0.6) is 11.5 Å². The third kappa shape index (κ3) is 2.29. The summed E-state index contributed by atoms with van der Waals surface area (Å²) in [5, 5.41) is 26.2. The quantitative estimate of drug-likeness (QED) is 0.578. The van der Waals surface area contributed by atoms with Crippen LogP contribution in [0.2, 0.25) is 0 Å². The predicted molar refractivity (Wildman–Crippen MR) is 115 cm³/mol. The second kappa shape index (κ2) is 6.26. The Morgan fingerprint density at radius 1 is 1.31 bits per heavy atom. The number of phenols is 1. The second-order valence-corrected chi connectivity index (χ2v) is 10.4. The number of carbonyl (C=O) groups is 1. The summed E-state index contributed by atoms with van der Waals surface area (Å²) in [6.07, 6.45) is 7.91. The van der Waals surface area contributed by atoms with E-state index in [1.54, 1.807) is 6.07 Å². The molecule has 1 saturated heterocycles. The Balaban J connectivity index is 1.32. The molecule has 3 heterocycles. The fraction of sp³-hybridized carbons (Fsp3) is 0.583. The summed E-state index contributed by atoms with van der Waals surface area (Å²) in [4.78, 5) is 22.2. The van der Waals surface area contributed by atoms with E-state index in [1.165, 1.54) is 25.4 Å². The van der Waals surface area contributed by atoms with Gasteiger partial charge in [-0.15, -0.1) is 0 Å². The standard InChI is InChI=1S/C24H28N4O4/c29-17-4-3-14-9-18-24(31)6-5-15(27-22(30)16-10-25-12-26-16)21-23(24,19(14)20(17)32-21)7-8-28(18)11-13-1-2-13/h3-4,10,12-13,15,18,21,29,31H,1-2,5-9,11H2,(H,25,26)(H,27,30)/t15-,18-,21+,23+,24-/m1/s1. The topological polar surface area (TPSA) is 111 Å². The molecule has 1 aromatic heterocycles. The van der Waals surface area contributed by atoms with Gasteiger partial charge >= 0.3 is 0 Å². The average molecular weight is 437 g/mol. The molecule has 7 rings (SSSR count). The van der Waals surface area contributed by atoms with Crippen molar-refractivity contribution in [3.63, 3.8) is 0 Å². The lowest BCUT2D eigenvalue weighted by atomic mass is 9.48. The first-order valence-electron chi connectivity index (χ1n) is 11.8. The Morgan fingerprint density at radius 2 is 2.19 bits per heavy atom. The average Bonchev–Trinajstić information content (AvgIpc) is 3.27. The van der Waals surface area contributed by atoms with E-state index in [1.807, 2.05) is 6.07 Å². The van der Waals surface area contributed by atoms with Crippen molar-refractivity contribution in [3.05, 3.63) is 41.5 Å². The lowest BCUT2D eigenvalue weighted by Gasteiger charge is -2.64. The fourth-order valence-electron chi connectivity index (χ4n) is 7.26. The van der Waals surface area contributed by atoms with Crippen molar-refractivity contribution in [1.82, 2.24) is 20.2 Å². The van der Waals surface area contributed by atoms with Crippen molar-refractivity contribution in [1.29, 1.82) is 0 Å². The number of nitrogens with zero attached hydrogens (tertiary/aromatic N) is 2. The minimum absolute atomic E-state index is 0.0372. The van der Waals surface area contributed by atoms with Gasteiger partial charge in [-0.25, -0.2) is 4.98 Å². The van der Waals surface area contributed by atoms with Gasteiger partial charge in [0.2, 0.25) is 0 Å². The molecular weight excluding hydrogens is 408 g/mol. The number of piperidine rings is 1. The molecule has 5 aliphatic rings. The van der Waals surface area contributed by atoms with Gasteiger partial charge in [-0.2, -0.15) is 0 Å². The zero-order valence-electron chi connectivity index (χ0n) is 17.9. The van der Waals surface area contributed by atoms with Gasteiger partial charge in [0.1, 0.15) is 11.8 Å². The summed E-state index contributed by atoms with van der Waals surface area (Å²) < 4.78 is 6.47. The number of likely N-dealkylation sites (tertiary alicyclic amines) is 1. The lowest BCUT2D eigenvalue weighted by Crippen LogP contribution is -2.78. The number of nitrogens with one attached hydrogen (secondary N) is 2. The van der Waals surface area contributed by atoms with Gasteiger partial charge in [-0.3, -0.25) is 9.69 Å². The van der Waals surface area contributed by atoms with E-state index in [-0.39, 0.29) is 23.7 Å². The molecule has 2 saturated carbocycles. The number of aromatic amines is 1. The number of H-pyrrole nitrogens is 1. The number of aromatic hydroxyl groups is 1. The first-order valence-corrected chi connectivity index (χ1v) is 11.8. The Kier molecular flexibility index (Phi) is 3.71. The summed E-state index contributed by atoms with van der Waals surface area (Å²) in [6, 6.07) is 3.49. The lowest BCUT2D eigenvalue weighted by molar-refractivity contribution is -0.191. The van der Waals surface area contributed by atoms with E-state index >= 15 is 0 Å². The zero-order valence-corrected chi connectivity index (χ0v) is 17.9. The van der Waals surface area contributed by atoms with Crippen LogP contribution in [-0.4, -0.2) is 67.9 Å². The number of benzene rings is 1. The number of amides is 1. The van der Waals surface area contributed by atoms with Gasteiger partial charge in [0, 0.05) is 18.2 Å². The molecule has 2 aliphatic heterocycles. The van der Waals surface area contributed by atoms with E-state index in [9.17, 15) is 15.0 Å². The molecule has 4 N–H and O–H groups in total. The van der Waals surface area contributed by atoms with Crippen molar-refractivity contribution in [3.8, 4) is 11.5 Å². The number of phenolic OH excluding ortho intramolecular Hbond substituents is 1. The smallest absolute Gasteiger partial charge is 0.269 e. The molecule has 8 heteroatoms. The first kappa shape index (κ1) is 18.9. The molecule has 1 spiro atoms. The second-order valence-electron chi connectivity index (χ2n) is 10.4. The molecule has 8 nitrogen and oxygen atoms in total. The Morgan fingerprint density at radius 3 is 2.97 bits per heavy atom. The van der Waals surface area contributed by atoms with Gasteiger partial charge < -0.3 is 25.3 Å². The molecule has 5 atom stereocenters.